The molecule has 1 heterocycles. The molecule has 8 nitrogen and oxygen atoms in total. The van der Waals surface area contributed by atoms with Gasteiger partial charge in [0, 0.05) is 28.3 Å². The molecule has 3 N–H and O–H groups in total. The number of benzene rings is 3. The average Bonchev–Trinajstić information content (AvgIpc) is 3.43. The van der Waals surface area contributed by atoms with Gasteiger partial charge >= 0.3 is 18.0 Å². The zero-order valence-corrected chi connectivity index (χ0v) is 22.3. The van der Waals surface area contributed by atoms with E-state index in [1.165, 1.54) is 6.07 Å². The first-order chi connectivity index (χ1) is 18.8. The molecule has 0 fully saturated rings. The molecule has 0 aliphatic heterocycles. The first-order valence-electron chi connectivity index (χ1n) is 12.3. The number of aromatic amines is 1. The zero-order valence-electron chi connectivity index (χ0n) is 20.8. The van der Waals surface area contributed by atoms with Crippen molar-refractivity contribution in [3.05, 3.63) is 93.1 Å². The molecule has 1 unspecified atom stereocenters. The largest absolute Gasteiger partial charge is 0.480 e. The number of carbonyl (C=O) groups excluding carboxylic acids is 2. The van der Waals surface area contributed by atoms with E-state index >= 15 is 0 Å². The second-order valence-corrected chi connectivity index (χ2v) is 9.92. The van der Waals surface area contributed by atoms with Crippen LogP contribution in [0.1, 0.15) is 40.0 Å². The fraction of sp³-hybridized carbons (Fsp3) is 0.207. The third-order valence-electron chi connectivity index (χ3n) is 6.74. The maximum atomic E-state index is 12.8. The summed E-state index contributed by atoms with van der Waals surface area (Å²) in [6.45, 7) is 1.79. The van der Waals surface area contributed by atoms with Gasteiger partial charge in [-0.25, -0.2) is 14.4 Å². The second-order valence-electron chi connectivity index (χ2n) is 9.07. The van der Waals surface area contributed by atoms with Crippen LogP contribution in [0.2, 0.25) is 10.0 Å². The Bertz CT molecular complexity index is 1550. The van der Waals surface area contributed by atoms with Crippen molar-refractivity contribution in [1.29, 1.82) is 0 Å². The van der Waals surface area contributed by atoms with Crippen LogP contribution in [0.3, 0.4) is 0 Å². The second kappa shape index (κ2) is 11.0. The Morgan fingerprint density at radius 3 is 2.26 bits per heavy atom. The Hall–Kier alpha value is -4.01. The van der Waals surface area contributed by atoms with E-state index < -0.39 is 24.1 Å². The number of ether oxygens (including phenoxy) is 2. The predicted octanol–water partition coefficient (Wildman–Crippen LogP) is 6.19. The average molecular weight is 567 g/mol. The van der Waals surface area contributed by atoms with Crippen molar-refractivity contribution in [2.24, 2.45) is 0 Å². The molecule has 0 bridgehead atoms. The zero-order chi connectivity index (χ0) is 27.7. The van der Waals surface area contributed by atoms with E-state index in [0.717, 1.165) is 22.3 Å². The predicted molar refractivity (Wildman–Crippen MR) is 148 cm³/mol. The van der Waals surface area contributed by atoms with Gasteiger partial charge in [-0.2, -0.15) is 0 Å². The first-order valence-corrected chi connectivity index (χ1v) is 13.0. The van der Waals surface area contributed by atoms with Gasteiger partial charge in [0.2, 0.25) is 0 Å². The number of nitrogens with one attached hydrogen (secondary N) is 2. The summed E-state index contributed by atoms with van der Waals surface area (Å²) in [6.07, 6.45) is -1.15. The Balaban J connectivity index is 1.37. The smallest absolute Gasteiger partial charge is 0.407 e. The van der Waals surface area contributed by atoms with Crippen LogP contribution >= 0.6 is 23.2 Å². The highest BCUT2D eigenvalue weighted by atomic mass is 35.5. The fourth-order valence-electron chi connectivity index (χ4n) is 5.08. The molecule has 3 aromatic carbocycles. The summed E-state index contributed by atoms with van der Waals surface area (Å²) in [4.78, 5) is 40.6. The number of hydrogen-bond acceptors (Lipinski definition) is 5. The van der Waals surface area contributed by atoms with Crippen molar-refractivity contribution in [1.82, 2.24) is 10.3 Å². The third-order valence-corrected chi connectivity index (χ3v) is 7.26. The SMILES string of the molecule is CCOC(=O)c1[nH]c2cc(Cl)cc(Cl)c2c1CC(NC(=O)OCC1c2ccccc2-c2ccccc21)C(=O)O. The van der Waals surface area contributed by atoms with E-state index in [9.17, 15) is 19.5 Å². The van der Waals surface area contributed by atoms with Crippen LogP contribution in [-0.2, 0) is 20.7 Å². The highest BCUT2D eigenvalue weighted by molar-refractivity contribution is 6.39. The van der Waals surface area contributed by atoms with Crippen LogP contribution in [-0.4, -0.2) is 47.4 Å². The lowest BCUT2D eigenvalue weighted by Crippen LogP contribution is -2.43. The molecule has 0 saturated carbocycles. The van der Waals surface area contributed by atoms with Gasteiger partial charge in [0.1, 0.15) is 18.3 Å². The number of H-pyrrole nitrogens is 1. The Morgan fingerprint density at radius 1 is 1.00 bits per heavy atom. The van der Waals surface area contributed by atoms with Gasteiger partial charge in [-0.3, -0.25) is 0 Å². The molecular weight excluding hydrogens is 543 g/mol. The molecule has 1 aliphatic rings. The monoisotopic (exact) mass is 566 g/mol. The van der Waals surface area contributed by atoms with Crippen LogP contribution < -0.4 is 5.32 Å². The molecule has 1 aliphatic carbocycles. The van der Waals surface area contributed by atoms with Crippen molar-refractivity contribution in [3.8, 4) is 11.1 Å². The molecule has 1 amide bonds. The van der Waals surface area contributed by atoms with Gasteiger partial charge in [-0.1, -0.05) is 71.7 Å². The maximum Gasteiger partial charge on any atom is 0.407 e. The number of rotatable bonds is 8. The molecule has 0 radical (unpaired) electrons. The molecule has 10 heteroatoms. The van der Waals surface area contributed by atoms with Crippen molar-refractivity contribution in [2.75, 3.05) is 13.2 Å². The summed E-state index contributed by atoms with van der Waals surface area (Å²) in [5.74, 6) is -2.17. The van der Waals surface area contributed by atoms with Crippen LogP contribution in [0.4, 0.5) is 4.79 Å². The number of carboxylic acids is 1. The number of alkyl carbamates (subject to hydrolysis) is 1. The number of carbonyl (C=O) groups is 3. The molecule has 39 heavy (non-hydrogen) atoms. The van der Waals surface area contributed by atoms with Gasteiger partial charge in [-0.05, 0) is 46.9 Å². The van der Waals surface area contributed by atoms with E-state index in [1.54, 1.807) is 13.0 Å². The molecular formula is C29H24Cl2N2O6. The quantitative estimate of drug-likeness (QED) is 0.219. The molecule has 1 aromatic heterocycles. The number of esters is 1. The van der Waals surface area contributed by atoms with E-state index in [4.69, 9.17) is 32.7 Å². The standard InChI is InChI=1S/C29H24Cl2N2O6/c1-2-38-28(36)26-20(25-22(31)11-15(30)12-23(25)32-26)13-24(27(34)35)33-29(37)39-14-21-18-9-5-3-7-16(18)17-8-4-6-10-19(17)21/h3-12,21,24,32H,2,13-14H2,1H3,(H,33,37)(H,34,35). The van der Waals surface area contributed by atoms with Crippen LogP contribution in [0.25, 0.3) is 22.0 Å². The summed E-state index contributed by atoms with van der Waals surface area (Å²) in [7, 11) is 0. The summed E-state index contributed by atoms with van der Waals surface area (Å²) in [5, 5.41) is 13.3. The van der Waals surface area contributed by atoms with Gasteiger partial charge in [0.05, 0.1) is 11.6 Å². The summed E-state index contributed by atoms with van der Waals surface area (Å²) < 4.78 is 10.7. The molecule has 1 atom stereocenters. The molecule has 4 aromatic rings. The number of fused-ring (bicyclic) bond motifs is 4. The van der Waals surface area contributed by atoms with E-state index in [2.05, 4.69) is 10.3 Å². The number of hydrogen-bond donors (Lipinski definition) is 3. The highest BCUT2D eigenvalue weighted by Gasteiger charge is 2.31. The summed E-state index contributed by atoms with van der Waals surface area (Å²) in [5.41, 5.74) is 4.99. The minimum Gasteiger partial charge on any atom is -0.480 e. The van der Waals surface area contributed by atoms with Gasteiger partial charge in [0.25, 0.3) is 0 Å². The normalized spacial score (nSPS) is 13.0. The topological polar surface area (TPSA) is 118 Å². The van der Waals surface area contributed by atoms with Gasteiger partial charge in [0.15, 0.2) is 0 Å². The first kappa shape index (κ1) is 26.6. The number of aliphatic carboxylic acids is 1. The van der Waals surface area contributed by atoms with Crippen molar-refractivity contribution >= 4 is 52.1 Å². The van der Waals surface area contributed by atoms with E-state index in [1.807, 2.05) is 48.5 Å². The third kappa shape index (κ3) is 5.17. The minimum absolute atomic E-state index is 0.0255. The Labute approximate surface area is 233 Å². The molecule has 0 saturated heterocycles. The van der Waals surface area contributed by atoms with E-state index in [-0.39, 0.29) is 41.8 Å². The lowest BCUT2D eigenvalue weighted by molar-refractivity contribution is -0.139. The fourth-order valence-corrected chi connectivity index (χ4v) is 5.69. The summed E-state index contributed by atoms with van der Waals surface area (Å²) in [6, 6.07) is 17.5. The van der Waals surface area contributed by atoms with Crippen molar-refractivity contribution < 1.29 is 29.0 Å². The molecule has 200 valence electrons. The Morgan fingerprint density at radius 2 is 1.64 bits per heavy atom. The molecule has 0 spiro atoms. The number of halogens is 2. The minimum atomic E-state index is -1.42. The van der Waals surface area contributed by atoms with E-state index in [0.29, 0.717) is 15.9 Å². The van der Waals surface area contributed by atoms with Crippen molar-refractivity contribution in [2.45, 2.75) is 25.3 Å². The van der Waals surface area contributed by atoms with Crippen LogP contribution in [0.15, 0.2) is 60.7 Å². The van der Waals surface area contributed by atoms with Gasteiger partial charge < -0.3 is 24.9 Å². The highest BCUT2D eigenvalue weighted by Crippen LogP contribution is 2.44. The number of aromatic nitrogens is 1. The number of amides is 1. The maximum absolute atomic E-state index is 12.8. The summed E-state index contributed by atoms with van der Waals surface area (Å²) >= 11 is 12.5. The van der Waals surface area contributed by atoms with Crippen LogP contribution in [0, 0.1) is 0 Å². The van der Waals surface area contributed by atoms with Crippen LogP contribution in [0.5, 0.6) is 0 Å². The lowest BCUT2D eigenvalue weighted by Gasteiger charge is -2.18. The van der Waals surface area contributed by atoms with Crippen molar-refractivity contribution in [3.63, 3.8) is 0 Å². The molecule has 5 rings (SSSR count). The van der Waals surface area contributed by atoms with Gasteiger partial charge in [-0.15, -0.1) is 0 Å². The Kier molecular flexibility index (Phi) is 7.50. The number of carboxylic acid groups (broad SMARTS) is 1. The lowest BCUT2D eigenvalue weighted by atomic mass is 9.98.